The van der Waals surface area contributed by atoms with Crippen LogP contribution in [0.5, 0.6) is 0 Å². The second-order valence-corrected chi connectivity index (χ2v) is 30.6. The van der Waals surface area contributed by atoms with Crippen molar-refractivity contribution in [3.63, 3.8) is 0 Å². The molecule has 0 fully saturated rings. The predicted octanol–water partition coefficient (Wildman–Crippen LogP) is 25.2. The Morgan fingerprint density at radius 1 is 0.242 bits per heavy atom. The first-order chi connectivity index (χ1) is 45.9. The second-order valence-electron chi connectivity index (χ2n) is 30.6. The first-order valence-corrected chi connectivity index (χ1v) is 33.9. The van der Waals surface area contributed by atoms with Gasteiger partial charge < -0.3 is 18.2 Å². The largest absolute Gasteiger partial charge is 0.456 e. The van der Waals surface area contributed by atoms with Crippen LogP contribution in [0.3, 0.4) is 0 Å². The van der Waals surface area contributed by atoms with Gasteiger partial charge in [0, 0.05) is 87.6 Å². The number of nitrogens with zero attached hydrogens (tertiary/aromatic N) is 1. The third-order valence-electron chi connectivity index (χ3n) is 24.0. The quantitative estimate of drug-likeness (QED) is 0.176. The first-order valence-electron chi connectivity index (χ1n) is 33.9. The fourth-order valence-electron chi connectivity index (χ4n) is 19.4. The van der Waals surface area contributed by atoms with Crippen LogP contribution in [0, 0.1) is 0 Å². The SMILES string of the molecule is CC1(C)c2cc(N(c3ccc4c(c3)C(C)(C)c3cc(-c5cccc6ccccc56)c5oc6ccccc6c5c3-4)c3ccc4c(c3)C(C)(C)c3c5c(c6oc7ccccc7c6c3-4)-c3ccccc3C5(C)C)ccc2-c2cc3c(cc21)-c1c(ccc2oc4ccccc4c12)C3(C)C. The van der Waals surface area contributed by atoms with Crippen LogP contribution in [0.25, 0.3) is 143 Å². The molecule has 21 rings (SSSR count). The molecule has 4 heteroatoms. The molecule has 0 spiro atoms. The number of fused-ring (bicyclic) bond motifs is 30. The zero-order valence-electron chi connectivity index (χ0n) is 55.0. The van der Waals surface area contributed by atoms with Crippen LogP contribution in [0.4, 0.5) is 17.1 Å². The molecule has 0 saturated heterocycles. The van der Waals surface area contributed by atoms with Crippen molar-refractivity contribution >= 4 is 93.7 Å². The molecule has 16 aromatic rings. The van der Waals surface area contributed by atoms with Gasteiger partial charge in [0.1, 0.15) is 33.5 Å². The highest BCUT2D eigenvalue weighted by Gasteiger charge is 2.50. The van der Waals surface area contributed by atoms with Crippen molar-refractivity contribution in [1.29, 1.82) is 0 Å². The Kier molecular flexibility index (Phi) is 9.94. The zero-order chi connectivity index (χ0) is 63.9. The van der Waals surface area contributed by atoms with Gasteiger partial charge in [0.15, 0.2) is 0 Å². The van der Waals surface area contributed by atoms with Crippen molar-refractivity contribution in [3.8, 4) is 66.8 Å². The van der Waals surface area contributed by atoms with Crippen LogP contribution < -0.4 is 4.90 Å². The predicted molar refractivity (Wildman–Crippen MR) is 394 cm³/mol. The first kappa shape index (κ1) is 53.8. The molecule has 4 nitrogen and oxygen atoms in total. The number of rotatable bonds is 4. The van der Waals surface area contributed by atoms with Crippen LogP contribution in [0.2, 0.25) is 0 Å². The van der Waals surface area contributed by atoms with Crippen molar-refractivity contribution in [2.45, 2.75) is 96.3 Å². The molecule has 5 aliphatic rings. The molecular weight excluding hydrogens is 1160 g/mol. The summed E-state index contributed by atoms with van der Waals surface area (Å²) in [5.74, 6) is 0. The Morgan fingerprint density at radius 3 is 1.39 bits per heavy atom. The minimum absolute atomic E-state index is 0.220. The summed E-state index contributed by atoms with van der Waals surface area (Å²) < 4.78 is 20.8. The van der Waals surface area contributed by atoms with E-state index in [2.05, 4.69) is 299 Å². The van der Waals surface area contributed by atoms with Gasteiger partial charge in [0.25, 0.3) is 0 Å². The minimum Gasteiger partial charge on any atom is -0.456 e. The van der Waals surface area contributed by atoms with Gasteiger partial charge in [-0.05, 0) is 201 Å². The molecule has 0 N–H and O–H groups in total. The third-order valence-corrected chi connectivity index (χ3v) is 24.0. The van der Waals surface area contributed by atoms with E-state index < -0.39 is 10.8 Å². The summed E-state index contributed by atoms with van der Waals surface area (Å²) >= 11 is 0. The van der Waals surface area contributed by atoms with E-state index in [9.17, 15) is 0 Å². The molecule has 0 unspecified atom stereocenters. The lowest BCUT2D eigenvalue weighted by atomic mass is 9.72. The van der Waals surface area contributed by atoms with Gasteiger partial charge in [-0.25, -0.2) is 0 Å². The average molecular weight is 1220 g/mol. The fraction of sp³-hybridized carbons (Fsp3) is 0.165. The Labute approximate surface area is 551 Å². The Morgan fingerprint density at radius 2 is 0.684 bits per heavy atom. The fourth-order valence-corrected chi connectivity index (χ4v) is 19.4. The summed E-state index contributed by atoms with van der Waals surface area (Å²) in [5.41, 5.74) is 35.9. The van der Waals surface area contributed by atoms with E-state index in [0.29, 0.717) is 0 Å². The maximum Gasteiger partial charge on any atom is 0.144 e. The van der Waals surface area contributed by atoms with Crippen LogP contribution in [-0.4, -0.2) is 0 Å². The van der Waals surface area contributed by atoms with Gasteiger partial charge in [-0.1, -0.05) is 215 Å². The summed E-state index contributed by atoms with van der Waals surface area (Å²) in [5, 5.41) is 9.50. The number of hydrogen-bond donors (Lipinski definition) is 0. The average Bonchev–Trinajstić information content (AvgIpc) is 1.51. The lowest BCUT2D eigenvalue weighted by Crippen LogP contribution is -2.24. The second kappa shape index (κ2) is 17.6. The van der Waals surface area contributed by atoms with Gasteiger partial charge in [-0.3, -0.25) is 0 Å². The van der Waals surface area contributed by atoms with E-state index in [1.54, 1.807) is 0 Å². The number of para-hydroxylation sites is 3. The van der Waals surface area contributed by atoms with Crippen LogP contribution in [0.1, 0.15) is 125 Å². The van der Waals surface area contributed by atoms with E-state index in [0.717, 1.165) is 66.9 Å². The molecule has 454 valence electrons. The van der Waals surface area contributed by atoms with E-state index in [4.69, 9.17) is 13.3 Å². The molecule has 0 aliphatic heterocycles. The number of benzene rings is 13. The molecule has 0 radical (unpaired) electrons. The van der Waals surface area contributed by atoms with E-state index in [1.807, 2.05) is 0 Å². The van der Waals surface area contributed by atoms with Crippen molar-refractivity contribution in [2.24, 2.45) is 0 Å². The Balaban J connectivity index is 0.784. The highest BCUT2D eigenvalue weighted by atomic mass is 16.3. The smallest absolute Gasteiger partial charge is 0.144 e. The van der Waals surface area contributed by atoms with Crippen molar-refractivity contribution in [3.05, 3.63) is 280 Å². The summed E-state index contributed by atoms with van der Waals surface area (Å²) in [7, 11) is 0. The standard InChI is InChI=1S/C91H67NO3/c1-87(2)65-40-41-75-78(58-26-14-18-31-72(58)93-75)77(65)63-47-69-61(45-70(63)87)54-37-34-49(42-66(54)88(69,3)4)92(51-36-39-57-68(44-51)91(9,10)83-79(57)81-60-28-16-20-33-74(60)95-86(81)82-55-25-13-17-30-64(55)90(7,8)84(82)83)50-35-38-56-67(43-50)89(5,6)71-46-62(53-29-21-23-48-22-11-12-24-52(48)53)85-80(76(56)71)59-27-15-19-32-73(59)94-85/h11-47H,1-10H3. The van der Waals surface area contributed by atoms with Crippen molar-refractivity contribution in [1.82, 2.24) is 0 Å². The molecule has 13 aromatic carbocycles. The summed E-state index contributed by atoms with van der Waals surface area (Å²) in [6.45, 7) is 24.4. The summed E-state index contributed by atoms with van der Waals surface area (Å²) in [4.78, 5) is 2.58. The molecule has 0 atom stereocenters. The highest BCUT2D eigenvalue weighted by Crippen LogP contribution is 2.65. The molecule has 3 aromatic heterocycles. The Bertz CT molecular complexity index is 6260. The Hall–Kier alpha value is -10.7. The maximum atomic E-state index is 7.13. The van der Waals surface area contributed by atoms with Crippen LogP contribution >= 0.6 is 0 Å². The molecular formula is C91H67NO3. The maximum absolute atomic E-state index is 7.13. The molecule has 0 saturated carbocycles. The van der Waals surface area contributed by atoms with Crippen molar-refractivity contribution < 1.29 is 13.3 Å². The van der Waals surface area contributed by atoms with Gasteiger partial charge in [-0.2, -0.15) is 0 Å². The minimum atomic E-state index is -0.397. The third kappa shape index (κ3) is 6.54. The molecule has 3 heterocycles. The lowest BCUT2D eigenvalue weighted by Gasteiger charge is -2.32. The molecule has 0 amide bonds. The summed E-state index contributed by atoms with van der Waals surface area (Å²) in [6, 6.07) is 84.6. The van der Waals surface area contributed by atoms with E-state index in [-0.39, 0.29) is 16.2 Å². The summed E-state index contributed by atoms with van der Waals surface area (Å²) in [6.07, 6.45) is 0. The van der Waals surface area contributed by atoms with Gasteiger partial charge in [0.2, 0.25) is 0 Å². The number of furan rings is 3. The number of hydrogen-bond acceptors (Lipinski definition) is 4. The van der Waals surface area contributed by atoms with E-state index in [1.165, 1.54) is 149 Å². The normalized spacial score (nSPS) is 16.3. The topological polar surface area (TPSA) is 42.7 Å². The van der Waals surface area contributed by atoms with Crippen molar-refractivity contribution in [2.75, 3.05) is 4.90 Å². The highest BCUT2D eigenvalue weighted by molar-refractivity contribution is 6.23. The van der Waals surface area contributed by atoms with Crippen LogP contribution in [0.15, 0.2) is 238 Å². The van der Waals surface area contributed by atoms with Gasteiger partial charge >= 0.3 is 0 Å². The lowest BCUT2D eigenvalue weighted by molar-refractivity contribution is 0.600. The van der Waals surface area contributed by atoms with Gasteiger partial charge in [0.05, 0.1) is 0 Å². The number of anilines is 3. The van der Waals surface area contributed by atoms with E-state index >= 15 is 0 Å². The molecule has 5 aliphatic carbocycles. The molecule has 0 bridgehead atoms. The zero-order valence-corrected chi connectivity index (χ0v) is 55.0. The molecule has 95 heavy (non-hydrogen) atoms. The van der Waals surface area contributed by atoms with Gasteiger partial charge in [-0.15, -0.1) is 0 Å². The van der Waals surface area contributed by atoms with Crippen LogP contribution in [-0.2, 0) is 27.1 Å². The monoisotopic (exact) mass is 1220 g/mol.